The number of hydrogen-bond acceptors (Lipinski definition) is 3. The van der Waals surface area contributed by atoms with Gasteiger partial charge in [0, 0.05) is 32.8 Å². The fraction of sp³-hybridized carbons (Fsp3) is 0.818. The highest BCUT2D eigenvalue weighted by Gasteiger charge is 2.11. The van der Waals surface area contributed by atoms with Gasteiger partial charge in [0.25, 0.3) is 0 Å². The third-order valence-electron chi connectivity index (χ3n) is 2.21. The van der Waals surface area contributed by atoms with E-state index >= 15 is 0 Å². The minimum Gasteiger partial charge on any atom is -0.481 e. The van der Waals surface area contributed by atoms with Crippen molar-refractivity contribution in [1.29, 1.82) is 0 Å². The molecular weight excluding hydrogens is 224 g/mol. The molecule has 0 fully saturated rings. The average molecular weight is 246 g/mol. The number of nitrogens with zero attached hydrogens (tertiary/aromatic N) is 1. The predicted molar refractivity (Wildman–Crippen MR) is 64.0 cm³/mol. The molecular formula is C11H22N2O4. The summed E-state index contributed by atoms with van der Waals surface area (Å²) < 4.78 is 5.14. The number of carbonyl (C=O) groups excluding carboxylic acids is 1. The van der Waals surface area contributed by atoms with Crippen LogP contribution in [0.5, 0.6) is 0 Å². The van der Waals surface area contributed by atoms with Gasteiger partial charge >= 0.3 is 12.0 Å². The number of hydrogen-bond donors (Lipinski definition) is 2. The predicted octanol–water partition coefficient (Wildman–Crippen LogP) is 0.919. The Labute approximate surface area is 102 Å². The molecule has 0 heterocycles. The highest BCUT2D eigenvalue weighted by atomic mass is 16.5. The number of carboxylic acids is 1. The van der Waals surface area contributed by atoms with E-state index in [1.54, 1.807) is 0 Å². The summed E-state index contributed by atoms with van der Waals surface area (Å²) in [5, 5.41) is 11.3. The maximum atomic E-state index is 11.6. The molecule has 0 radical (unpaired) electrons. The van der Waals surface area contributed by atoms with E-state index in [2.05, 4.69) is 5.32 Å². The zero-order valence-electron chi connectivity index (χ0n) is 10.6. The van der Waals surface area contributed by atoms with Crippen molar-refractivity contribution in [2.24, 2.45) is 0 Å². The van der Waals surface area contributed by atoms with E-state index in [4.69, 9.17) is 9.84 Å². The summed E-state index contributed by atoms with van der Waals surface area (Å²) in [4.78, 5) is 23.5. The van der Waals surface area contributed by atoms with Crippen LogP contribution in [-0.2, 0) is 9.53 Å². The van der Waals surface area contributed by atoms with Gasteiger partial charge in [-0.1, -0.05) is 0 Å². The van der Waals surface area contributed by atoms with E-state index in [1.165, 1.54) is 4.90 Å². The van der Waals surface area contributed by atoms with Crippen molar-refractivity contribution in [2.45, 2.75) is 26.7 Å². The van der Waals surface area contributed by atoms with Crippen LogP contribution >= 0.6 is 0 Å². The largest absolute Gasteiger partial charge is 0.481 e. The Balaban J connectivity index is 3.72. The highest BCUT2D eigenvalue weighted by molar-refractivity contribution is 5.75. The number of rotatable bonds is 9. The van der Waals surface area contributed by atoms with Gasteiger partial charge in [-0.05, 0) is 20.3 Å². The Hall–Kier alpha value is -1.30. The molecule has 0 atom stereocenters. The number of aliphatic carboxylic acids is 1. The monoisotopic (exact) mass is 246 g/mol. The van der Waals surface area contributed by atoms with Crippen LogP contribution in [0.25, 0.3) is 0 Å². The zero-order chi connectivity index (χ0) is 13.1. The van der Waals surface area contributed by atoms with E-state index in [0.717, 1.165) is 6.42 Å². The molecule has 0 aliphatic rings. The van der Waals surface area contributed by atoms with Gasteiger partial charge in [-0.2, -0.15) is 0 Å². The summed E-state index contributed by atoms with van der Waals surface area (Å²) in [6.07, 6.45) is 0.732. The number of carboxylic acid groups (broad SMARTS) is 1. The molecule has 0 saturated heterocycles. The topological polar surface area (TPSA) is 78.9 Å². The van der Waals surface area contributed by atoms with E-state index in [0.29, 0.717) is 26.3 Å². The second-order valence-electron chi connectivity index (χ2n) is 3.51. The molecule has 0 aromatic carbocycles. The Morgan fingerprint density at radius 2 is 2.06 bits per heavy atom. The third-order valence-corrected chi connectivity index (χ3v) is 2.21. The Bertz CT molecular complexity index is 234. The lowest BCUT2D eigenvalue weighted by atomic mass is 10.4. The average Bonchev–Trinajstić information content (AvgIpc) is 2.29. The molecule has 100 valence electrons. The maximum absolute atomic E-state index is 11.6. The molecule has 0 aromatic heterocycles. The van der Waals surface area contributed by atoms with Gasteiger partial charge in [-0.15, -0.1) is 0 Å². The van der Waals surface area contributed by atoms with Crippen molar-refractivity contribution >= 4 is 12.0 Å². The summed E-state index contributed by atoms with van der Waals surface area (Å²) in [5.74, 6) is -0.896. The molecule has 6 nitrogen and oxygen atoms in total. The van der Waals surface area contributed by atoms with Crippen LogP contribution in [0, 0.1) is 0 Å². The summed E-state index contributed by atoms with van der Waals surface area (Å²) in [6, 6.07) is -0.217. The first-order valence-electron chi connectivity index (χ1n) is 5.94. The third kappa shape index (κ3) is 8.50. The van der Waals surface area contributed by atoms with Crippen molar-refractivity contribution in [3.8, 4) is 0 Å². The first kappa shape index (κ1) is 15.7. The van der Waals surface area contributed by atoms with Crippen LogP contribution in [0.3, 0.4) is 0 Å². The van der Waals surface area contributed by atoms with E-state index in [9.17, 15) is 9.59 Å². The molecule has 0 unspecified atom stereocenters. The van der Waals surface area contributed by atoms with Gasteiger partial charge in [-0.3, -0.25) is 4.79 Å². The first-order chi connectivity index (χ1) is 8.11. The highest BCUT2D eigenvalue weighted by Crippen LogP contribution is 1.93. The fourth-order valence-corrected chi connectivity index (χ4v) is 1.26. The molecule has 0 aliphatic carbocycles. The van der Waals surface area contributed by atoms with Crippen molar-refractivity contribution in [2.75, 3.05) is 32.8 Å². The fourth-order valence-electron chi connectivity index (χ4n) is 1.26. The molecule has 0 bridgehead atoms. The number of urea groups is 1. The SMILES string of the molecule is CCOCCCNC(=O)N(CC)CCC(=O)O. The Kier molecular flexibility index (Phi) is 9.14. The summed E-state index contributed by atoms with van der Waals surface area (Å²) in [7, 11) is 0. The molecule has 6 heteroatoms. The van der Waals surface area contributed by atoms with Crippen LogP contribution in [0.15, 0.2) is 0 Å². The van der Waals surface area contributed by atoms with Crippen LogP contribution in [0.1, 0.15) is 26.7 Å². The van der Waals surface area contributed by atoms with Crippen LogP contribution in [-0.4, -0.2) is 54.9 Å². The molecule has 2 amide bonds. The van der Waals surface area contributed by atoms with Gasteiger partial charge < -0.3 is 20.1 Å². The number of amides is 2. The van der Waals surface area contributed by atoms with Crippen LogP contribution in [0.2, 0.25) is 0 Å². The molecule has 17 heavy (non-hydrogen) atoms. The summed E-state index contributed by atoms with van der Waals surface area (Å²) in [6.45, 7) is 6.33. The Morgan fingerprint density at radius 1 is 1.35 bits per heavy atom. The van der Waals surface area contributed by atoms with Gasteiger partial charge in [0.2, 0.25) is 0 Å². The van der Waals surface area contributed by atoms with Crippen molar-refractivity contribution in [1.82, 2.24) is 10.2 Å². The normalized spacial score (nSPS) is 10.0. The van der Waals surface area contributed by atoms with Crippen molar-refractivity contribution < 1.29 is 19.4 Å². The lowest BCUT2D eigenvalue weighted by molar-refractivity contribution is -0.137. The smallest absolute Gasteiger partial charge is 0.317 e. The molecule has 0 aromatic rings. The Morgan fingerprint density at radius 3 is 2.59 bits per heavy atom. The minimum absolute atomic E-state index is 0.0276. The van der Waals surface area contributed by atoms with E-state index < -0.39 is 5.97 Å². The lowest BCUT2D eigenvalue weighted by Gasteiger charge is -2.20. The molecule has 2 N–H and O–H groups in total. The molecule has 0 aliphatic heterocycles. The molecule has 0 rings (SSSR count). The molecule has 0 spiro atoms. The standard InChI is InChI=1S/C11H22N2O4/c1-3-13(8-6-10(14)15)11(16)12-7-5-9-17-4-2/h3-9H2,1-2H3,(H,12,16)(H,14,15). The number of ether oxygens (including phenoxy) is 1. The van der Waals surface area contributed by atoms with Crippen molar-refractivity contribution in [3.05, 3.63) is 0 Å². The van der Waals surface area contributed by atoms with Gasteiger partial charge in [0.05, 0.1) is 6.42 Å². The van der Waals surface area contributed by atoms with Gasteiger partial charge in [0.15, 0.2) is 0 Å². The van der Waals surface area contributed by atoms with Gasteiger partial charge in [-0.25, -0.2) is 4.79 Å². The van der Waals surface area contributed by atoms with E-state index in [1.807, 2.05) is 13.8 Å². The second-order valence-corrected chi connectivity index (χ2v) is 3.51. The summed E-state index contributed by atoms with van der Waals surface area (Å²) in [5.41, 5.74) is 0. The quantitative estimate of drug-likeness (QED) is 0.593. The summed E-state index contributed by atoms with van der Waals surface area (Å²) >= 11 is 0. The van der Waals surface area contributed by atoms with Crippen LogP contribution < -0.4 is 5.32 Å². The van der Waals surface area contributed by atoms with Crippen LogP contribution in [0.4, 0.5) is 4.79 Å². The molecule has 0 saturated carbocycles. The first-order valence-corrected chi connectivity index (χ1v) is 5.94. The maximum Gasteiger partial charge on any atom is 0.317 e. The zero-order valence-corrected chi connectivity index (χ0v) is 10.6. The second kappa shape index (κ2) is 9.89. The number of carbonyl (C=O) groups is 2. The lowest BCUT2D eigenvalue weighted by Crippen LogP contribution is -2.41. The minimum atomic E-state index is -0.896. The van der Waals surface area contributed by atoms with Gasteiger partial charge in [0.1, 0.15) is 0 Å². The van der Waals surface area contributed by atoms with E-state index in [-0.39, 0.29) is 19.0 Å². The van der Waals surface area contributed by atoms with Crippen molar-refractivity contribution in [3.63, 3.8) is 0 Å². The number of nitrogens with one attached hydrogen (secondary N) is 1.